The second-order valence-electron chi connectivity index (χ2n) is 4.42. The molecule has 20 heavy (non-hydrogen) atoms. The van der Waals surface area contributed by atoms with Crippen LogP contribution in [0.2, 0.25) is 0 Å². The molecule has 0 atom stereocenters. The first kappa shape index (κ1) is 13.9. The molecule has 2 aromatic rings. The minimum Gasteiger partial charge on any atom is -0.497 e. The molecule has 0 saturated heterocycles. The fourth-order valence-corrected chi connectivity index (χ4v) is 1.86. The summed E-state index contributed by atoms with van der Waals surface area (Å²) in [5.41, 5.74) is 2.34. The molecule has 0 aliphatic heterocycles. The van der Waals surface area contributed by atoms with E-state index in [2.05, 4.69) is 5.32 Å². The van der Waals surface area contributed by atoms with Crippen molar-refractivity contribution >= 4 is 11.6 Å². The van der Waals surface area contributed by atoms with E-state index in [4.69, 9.17) is 9.47 Å². The van der Waals surface area contributed by atoms with Crippen molar-refractivity contribution in [2.24, 2.45) is 0 Å². The summed E-state index contributed by atoms with van der Waals surface area (Å²) in [5.74, 6) is 0.963. The SMILES string of the molecule is COc1cc(OC)cc(C(=O)Nc2cccc(C)c2)c1. The highest BCUT2D eigenvalue weighted by Gasteiger charge is 2.10. The van der Waals surface area contributed by atoms with Crippen LogP contribution in [-0.2, 0) is 0 Å². The predicted octanol–water partition coefficient (Wildman–Crippen LogP) is 3.26. The Bertz CT molecular complexity index is 601. The molecule has 0 saturated carbocycles. The highest BCUT2D eigenvalue weighted by atomic mass is 16.5. The summed E-state index contributed by atoms with van der Waals surface area (Å²) < 4.78 is 10.3. The van der Waals surface area contributed by atoms with Crippen molar-refractivity contribution in [1.82, 2.24) is 0 Å². The second-order valence-corrected chi connectivity index (χ2v) is 4.42. The third kappa shape index (κ3) is 3.29. The zero-order valence-electron chi connectivity index (χ0n) is 11.8. The summed E-state index contributed by atoms with van der Waals surface area (Å²) in [6, 6.07) is 12.7. The number of amides is 1. The molecule has 4 heteroatoms. The zero-order valence-corrected chi connectivity index (χ0v) is 11.8. The van der Waals surface area contributed by atoms with Gasteiger partial charge in [-0.1, -0.05) is 12.1 Å². The van der Waals surface area contributed by atoms with Crippen molar-refractivity contribution in [3.8, 4) is 11.5 Å². The quantitative estimate of drug-likeness (QED) is 0.928. The number of methoxy groups -OCH3 is 2. The third-order valence-corrected chi connectivity index (χ3v) is 2.89. The van der Waals surface area contributed by atoms with E-state index in [1.54, 1.807) is 32.4 Å². The fourth-order valence-electron chi connectivity index (χ4n) is 1.86. The Kier molecular flexibility index (Phi) is 4.25. The Balaban J connectivity index is 2.24. The molecule has 0 fully saturated rings. The summed E-state index contributed by atoms with van der Waals surface area (Å²) in [7, 11) is 3.11. The molecule has 0 aliphatic carbocycles. The second kappa shape index (κ2) is 6.10. The maximum Gasteiger partial charge on any atom is 0.255 e. The summed E-state index contributed by atoms with van der Waals surface area (Å²) in [5, 5.41) is 2.85. The van der Waals surface area contributed by atoms with Gasteiger partial charge in [-0.3, -0.25) is 4.79 Å². The van der Waals surface area contributed by atoms with E-state index in [0.29, 0.717) is 17.1 Å². The van der Waals surface area contributed by atoms with Crippen LogP contribution in [-0.4, -0.2) is 20.1 Å². The Morgan fingerprint density at radius 1 is 1.00 bits per heavy atom. The molecule has 0 spiro atoms. The van der Waals surface area contributed by atoms with Crippen LogP contribution >= 0.6 is 0 Å². The number of rotatable bonds is 4. The Morgan fingerprint density at radius 2 is 1.65 bits per heavy atom. The molecule has 0 aromatic heterocycles. The molecule has 0 aliphatic rings. The van der Waals surface area contributed by atoms with Gasteiger partial charge in [0.25, 0.3) is 5.91 Å². The molecule has 0 bridgehead atoms. The molecular weight excluding hydrogens is 254 g/mol. The van der Waals surface area contributed by atoms with E-state index in [9.17, 15) is 4.79 Å². The maximum absolute atomic E-state index is 12.2. The number of benzene rings is 2. The molecule has 0 radical (unpaired) electrons. The lowest BCUT2D eigenvalue weighted by atomic mass is 10.1. The van der Waals surface area contributed by atoms with Crippen LogP contribution in [0, 0.1) is 6.92 Å². The number of hydrogen-bond acceptors (Lipinski definition) is 3. The number of hydrogen-bond donors (Lipinski definition) is 1. The van der Waals surface area contributed by atoms with Gasteiger partial charge in [-0.05, 0) is 36.8 Å². The highest BCUT2D eigenvalue weighted by molar-refractivity contribution is 6.04. The fraction of sp³-hybridized carbons (Fsp3) is 0.188. The van der Waals surface area contributed by atoms with E-state index in [1.807, 2.05) is 31.2 Å². The largest absolute Gasteiger partial charge is 0.497 e. The van der Waals surface area contributed by atoms with E-state index in [0.717, 1.165) is 11.3 Å². The first-order valence-corrected chi connectivity index (χ1v) is 6.23. The van der Waals surface area contributed by atoms with Crippen molar-refractivity contribution in [1.29, 1.82) is 0 Å². The topological polar surface area (TPSA) is 47.6 Å². The van der Waals surface area contributed by atoms with Gasteiger partial charge in [0.05, 0.1) is 14.2 Å². The Morgan fingerprint density at radius 3 is 2.20 bits per heavy atom. The van der Waals surface area contributed by atoms with Gasteiger partial charge < -0.3 is 14.8 Å². The van der Waals surface area contributed by atoms with E-state index < -0.39 is 0 Å². The van der Waals surface area contributed by atoms with Crippen LogP contribution in [0.4, 0.5) is 5.69 Å². The number of ether oxygens (including phenoxy) is 2. The van der Waals surface area contributed by atoms with Gasteiger partial charge in [-0.25, -0.2) is 0 Å². The number of aryl methyl sites for hydroxylation is 1. The van der Waals surface area contributed by atoms with Crippen molar-refractivity contribution in [2.45, 2.75) is 6.92 Å². The normalized spacial score (nSPS) is 9.95. The monoisotopic (exact) mass is 271 g/mol. The number of carbonyl (C=O) groups is 1. The first-order valence-electron chi connectivity index (χ1n) is 6.23. The van der Waals surface area contributed by atoms with Crippen LogP contribution in [0.5, 0.6) is 11.5 Å². The molecular formula is C16H17NO3. The molecule has 104 valence electrons. The molecule has 0 unspecified atom stereocenters. The summed E-state index contributed by atoms with van der Waals surface area (Å²) in [4.78, 5) is 12.2. The third-order valence-electron chi connectivity index (χ3n) is 2.89. The van der Waals surface area contributed by atoms with Crippen molar-refractivity contribution in [3.05, 3.63) is 53.6 Å². The van der Waals surface area contributed by atoms with Crippen LogP contribution in [0.25, 0.3) is 0 Å². The van der Waals surface area contributed by atoms with Gasteiger partial charge in [0.1, 0.15) is 11.5 Å². The van der Waals surface area contributed by atoms with Crippen molar-refractivity contribution in [3.63, 3.8) is 0 Å². The van der Waals surface area contributed by atoms with Crippen molar-refractivity contribution < 1.29 is 14.3 Å². The summed E-state index contributed by atoms with van der Waals surface area (Å²) in [6.07, 6.45) is 0. The lowest BCUT2D eigenvalue weighted by molar-refractivity contribution is 0.102. The standard InChI is InChI=1S/C16H17NO3/c1-11-5-4-6-13(7-11)17-16(18)12-8-14(19-2)10-15(9-12)20-3/h4-10H,1-3H3,(H,17,18). The Hall–Kier alpha value is -2.49. The number of nitrogens with one attached hydrogen (secondary N) is 1. The number of anilines is 1. The van der Waals surface area contributed by atoms with Gasteiger partial charge in [-0.15, -0.1) is 0 Å². The van der Waals surface area contributed by atoms with Gasteiger partial charge in [-0.2, -0.15) is 0 Å². The van der Waals surface area contributed by atoms with Gasteiger partial charge in [0, 0.05) is 17.3 Å². The van der Waals surface area contributed by atoms with E-state index >= 15 is 0 Å². The summed E-state index contributed by atoms with van der Waals surface area (Å²) >= 11 is 0. The van der Waals surface area contributed by atoms with Crippen LogP contribution in [0.1, 0.15) is 15.9 Å². The lowest BCUT2D eigenvalue weighted by Crippen LogP contribution is -2.12. The molecule has 0 heterocycles. The Labute approximate surface area is 118 Å². The lowest BCUT2D eigenvalue weighted by Gasteiger charge is -2.09. The highest BCUT2D eigenvalue weighted by Crippen LogP contribution is 2.23. The molecule has 2 aromatic carbocycles. The van der Waals surface area contributed by atoms with Gasteiger partial charge >= 0.3 is 0 Å². The molecule has 2 rings (SSSR count). The van der Waals surface area contributed by atoms with Crippen LogP contribution in [0.15, 0.2) is 42.5 Å². The maximum atomic E-state index is 12.2. The number of carbonyl (C=O) groups excluding carboxylic acids is 1. The van der Waals surface area contributed by atoms with Gasteiger partial charge in [0.15, 0.2) is 0 Å². The van der Waals surface area contributed by atoms with E-state index in [1.165, 1.54) is 0 Å². The molecule has 1 amide bonds. The minimum atomic E-state index is -0.201. The zero-order chi connectivity index (χ0) is 14.5. The molecule has 1 N–H and O–H groups in total. The van der Waals surface area contributed by atoms with Crippen molar-refractivity contribution in [2.75, 3.05) is 19.5 Å². The van der Waals surface area contributed by atoms with Crippen LogP contribution in [0.3, 0.4) is 0 Å². The average molecular weight is 271 g/mol. The van der Waals surface area contributed by atoms with E-state index in [-0.39, 0.29) is 5.91 Å². The van der Waals surface area contributed by atoms with Gasteiger partial charge in [0.2, 0.25) is 0 Å². The average Bonchev–Trinajstić information content (AvgIpc) is 2.46. The minimum absolute atomic E-state index is 0.201. The predicted molar refractivity (Wildman–Crippen MR) is 78.7 cm³/mol. The van der Waals surface area contributed by atoms with Crippen LogP contribution < -0.4 is 14.8 Å². The summed E-state index contributed by atoms with van der Waals surface area (Å²) in [6.45, 7) is 1.98. The molecule has 4 nitrogen and oxygen atoms in total. The first-order chi connectivity index (χ1) is 9.62. The smallest absolute Gasteiger partial charge is 0.255 e.